The smallest absolute Gasteiger partial charge is 0.200 e. The van der Waals surface area contributed by atoms with Crippen molar-refractivity contribution < 1.29 is 44.3 Å². The first kappa shape index (κ1) is 21.0. The van der Waals surface area contributed by atoms with Crippen molar-refractivity contribution in [3.05, 3.63) is 0 Å². The van der Waals surface area contributed by atoms with Gasteiger partial charge in [0.15, 0.2) is 39.3 Å². The summed E-state index contributed by atoms with van der Waals surface area (Å²) in [6.07, 6.45) is -4.22. The van der Waals surface area contributed by atoms with Gasteiger partial charge in [-0.05, 0) is 27.7 Å². The number of Topliss-reactive ketones (excluding diaryl/α,β-unsaturated/α-hetero) is 4. The van der Waals surface area contributed by atoms with Crippen LogP contribution in [0.25, 0.3) is 0 Å². The Morgan fingerprint density at radius 2 is 1.33 bits per heavy atom. The molecule has 0 aromatic heterocycles. The Bertz CT molecular complexity index is 605. The third-order valence-electron chi connectivity index (χ3n) is 4.40. The Balaban J connectivity index is 3.86. The second-order valence-corrected chi connectivity index (χ2v) is 6.67. The van der Waals surface area contributed by atoms with Gasteiger partial charge in [-0.25, -0.2) is 0 Å². The van der Waals surface area contributed by atoms with Crippen LogP contribution in [0.2, 0.25) is 0 Å². The molecular weight excluding hydrogens is 392 g/mol. The average molecular weight is 411 g/mol. The van der Waals surface area contributed by atoms with Gasteiger partial charge < -0.3 is 25.2 Å². The van der Waals surface area contributed by atoms with Crippen molar-refractivity contribution in [3.8, 4) is 0 Å². The molecule has 1 rings (SSSR count). The van der Waals surface area contributed by atoms with Gasteiger partial charge in [0, 0.05) is 0 Å². The molecule has 9 nitrogen and oxygen atoms in total. The van der Waals surface area contributed by atoms with Crippen molar-refractivity contribution in [1.29, 1.82) is 0 Å². The van der Waals surface area contributed by atoms with Gasteiger partial charge in [0.2, 0.25) is 5.60 Å². The topological polar surface area (TPSA) is 158 Å². The van der Waals surface area contributed by atoms with Crippen LogP contribution in [0.5, 0.6) is 0 Å². The van der Waals surface area contributed by atoms with Crippen molar-refractivity contribution in [2.24, 2.45) is 0 Å². The van der Waals surface area contributed by atoms with E-state index in [1.165, 1.54) is 0 Å². The predicted molar refractivity (Wildman–Crippen MR) is 81.2 cm³/mol. The zero-order valence-electron chi connectivity index (χ0n) is 13.4. The lowest BCUT2D eigenvalue weighted by atomic mass is 9.60. The van der Waals surface area contributed by atoms with Crippen LogP contribution in [0.15, 0.2) is 0 Å². The number of halogens is 1. The molecule has 0 spiro atoms. The molecule has 1 aliphatic heterocycles. The van der Waals surface area contributed by atoms with E-state index in [1.807, 2.05) is 0 Å². The summed E-state index contributed by atoms with van der Waals surface area (Å²) in [5.41, 5.74) is -9.67. The molecule has 1 saturated heterocycles. The van der Waals surface area contributed by atoms with Crippen LogP contribution in [-0.2, 0) is 23.9 Å². The first-order valence-corrected chi connectivity index (χ1v) is 7.80. The van der Waals surface area contributed by atoms with Crippen LogP contribution in [0.3, 0.4) is 0 Å². The number of ketones is 4. The molecule has 0 aromatic rings. The maximum Gasteiger partial charge on any atom is 0.200 e. The Hall–Kier alpha value is -1.04. The van der Waals surface area contributed by atoms with Crippen LogP contribution >= 0.6 is 15.9 Å². The van der Waals surface area contributed by atoms with E-state index in [0.29, 0.717) is 0 Å². The molecular formula is C14H19BrO9. The molecule has 24 heavy (non-hydrogen) atoms. The summed E-state index contributed by atoms with van der Waals surface area (Å²) in [6.45, 7) is 3.24. The molecule has 1 unspecified atom stereocenters. The zero-order chi connectivity index (χ0) is 19.2. The maximum atomic E-state index is 12.1. The number of alkyl halides is 1. The van der Waals surface area contributed by atoms with Crippen LogP contribution < -0.4 is 0 Å². The molecule has 136 valence electrons. The molecule has 10 heteroatoms. The highest BCUT2D eigenvalue weighted by Gasteiger charge is 2.78. The molecule has 0 radical (unpaired) electrons. The van der Waals surface area contributed by atoms with E-state index in [-0.39, 0.29) is 0 Å². The summed E-state index contributed by atoms with van der Waals surface area (Å²) in [5, 5.41) is 40.5. The minimum absolute atomic E-state index is 0.740. The number of ether oxygens (including phenoxy) is 1. The van der Waals surface area contributed by atoms with Gasteiger partial charge in [0.1, 0.15) is 12.2 Å². The summed E-state index contributed by atoms with van der Waals surface area (Å²) in [7, 11) is 0. The van der Waals surface area contributed by atoms with Crippen LogP contribution in [0.1, 0.15) is 27.7 Å². The van der Waals surface area contributed by atoms with Gasteiger partial charge in [-0.1, -0.05) is 15.9 Å². The predicted octanol–water partition coefficient (Wildman–Crippen LogP) is -1.98. The van der Waals surface area contributed by atoms with E-state index >= 15 is 0 Å². The van der Waals surface area contributed by atoms with E-state index in [9.17, 15) is 39.6 Å². The zero-order valence-corrected chi connectivity index (χ0v) is 15.0. The summed E-state index contributed by atoms with van der Waals surface area (Å²) >= 11 is 2.76. The Morgan fingerprint density at radius 1 is 0.917 bits per heavy atom. The highest BCUT2D eigenvalue weighted by atomic mass is 79.9. The number of rotatable bonds is 5. The minimum atomic E-state index is -3.37. The third kappa shape index (κ3) is 2.40. The highest BCUT2D eigenvalue weighted by molar-refractivity contribution is 9.09. The van der Waals surface area contributed by atoms with Crippen molar-refractivity contribution >= 4 is 39.1 Å². The lowest BCUT2D eigenvalue weighted by Gasteiger charge is -2.57. The molecule has 0 amide bonds. The van der Waals surface area contributed by atoms with Gasteiger partial charge >= 0.3 is 0 Å². The van der Waals surface area contributed by atoms with Crippen molar-refractivity contribution in [3.63, 3.8) is 0 Å². The molecule has 0 bridgehead atoms. The molecule has 1 aliphatic rings. The number of hydrogen-bond acceptors (Lipinski definition) is 9. The monoisotopic (exact) mass is 410 g/mol. The second kappa shape index (κ2) is 6.36. The SMILES string of the molecule is CC(=O)C(O)[C@H]1O[C@@H](Br)[C@@](O)(C(C)=O)[C@](O)(C(C)=O)[C@@]1(O)C(C)=O. The average Bonchev–Trinajstić information content (AvgIpc) is 2.46. The molecule has 0 saturated carbocycles. The highest BCUT2D eigenvalue weighted by Crippen LogP contribution is 2.48. The summed E-state index contributed by atoms with van der Waals surface area (Å²) < 4.78 is 5.10. The molecule has 0 aromatic carbocycles. The fourth-order valence-corrected chi connectivity index (χ4v) is 3.79. The quantitative estimate of drug-likeness (QED) is 0.376. The Morgan fingerprint density at radius 3 is 1.62 bits per heavy atom. The number of carbonyl (C=O) groups excluding carboxylic acids is 4. The molecule has 1 fully saturated rings. The van der Waals surface area contributed by atoms with Crippen molar-refractivity contribution in [1.82, 2.24) is 0 Å². The fourth-order valence-electron chi connectivity index (χ4n) is 2.91. The first-order chi connectivity index (χ1) is 10.7. The van der Waals surface area contributed by atoms with E-state index in [4.69, 9.17) is 4.74 Å². The standard InChI is InChI=1S/C14H19BrO9/c1-5(16)9(20)10-12(21,6(2)17)14(23,8(4)19)13(22,7(3)18)11(15)24-10/h9-11,20-23H,1-4H3/t9?,10-,11-,12-,13+,14+/m1/s1. The molecule has 1 heterocycles. The lowest BCUT2D eigenvalue weighted by Crippen LogP contribution is -2.86. The van der Waals surface area contributed by atoms with E-state index in [2.05, 4.69) is 15.9 Å². The van der Waals surface area contributed by atoms with Gasteiger partial charge in [0.25, 0.3) is 0 Å². The van der Waals surface area contributed by atoms with Crippen LogP contribution in [0.4, 0.5) is 0 Å². The number of aliphatic hydroxyl groups is 4. The lowest BCUT2D eigenvalue weighted by molar-refractivity contribution is -0.310. The molecule has 0 aliphatic carbocycles. The van der Waals surface area contributed by atoms with Crippen molar-refractivity contribution in [2.75, 3.05) is 0 Å². The van der Waals surface area contributed by atoms with Gasteiger partial charge in [0.05, 0.1) is 0 Å². The molecule has 4 N–H and O–H groups in total. The summed E-state index contributed by atoms with van der Waals surface area (Å²) in [6, 6.07) is 0. The Labute approximate surface area is 145 Å². The number of aliphatic hydroxyl groups excluding tert-OH is 1. The van der Waals surface area contributed by atoms with Gasteiger partial charge in [-0.2, -0.15) is 0 Å². The number of carbonyl (C=O) groups is 4. The normalized spacial score (nSPS) is 40.7. The van der Waals surface area contributed by atoms with E-state index < -0.39 is 57.2 Å². The Kier molecular flexibility index (Phi) is 5.56. The minimum Gasteiger partial charge on any atom is -0.382 e. The number of hydrogen-bond donors (Lipinski definition) is 4. The second-order valence-electron chi connectivity index (χ2n) is 5.84. The van der Waals surface area contributed by atoms with E-state index in [0.717, 1.165) is 27.7 Å². The van der Waals surface area contributed by atoms with E-state index in [1.54, 1.807) is 0 Å². The van der Waals surface area contributed by atoms with Crippen LogP contribution in [-0.4, -0.2) is 77.6 Å². The van der Waals surface area contributed by atoms with Gasteiger partial charge in [-0.3, -0.25) is 19.2 Å². The van der Waals surface area contributed by atoms with Crippen molar-refractivity contribution in [2.45, 2.75) is 61.7 Å². The maximum absolute atomic E-state index is 12.1. The third-order valence-corrected chi connectivity index (χ3v) is 5.27. The van der Waals surface area contributed by atoms with Crippen LogP contribution in [0, 0.1) is 0 Å². The van der Waals surface area contributed by atoms with Gasteiger partial charge in [-0.15, -0.1) is 0 Å². The summed E-state index contributed by atoms with van der Waals surface area (Å²) in [4.78, 5) is 47.6. The molecule has 6 atom stereocenters. The fraction of sp³-hybridized carbons (Fsp3) is 0.714. The first-order valence-electron chi connectivity index (χ1n) is 6.88. The summed E-state index contributed by atoms with van der Waals surface area (Å²) in [5.74, 6) is -4.73. The largest absolute Gasteiger partial charge is 0.382 e.